The third-order valence-electron chi connectivity index (χ3n) is 2.68. The molecule has 1 heterocycles. The van der Waals surface area contributed by atoms with Gasteiger partial charge < -0.3 is 9.73 Å². The minimum absolute atomic E-state index is 0.147. The second kappa shape index (κ2) is 7.21. The predicted octanol–water partition coefficient (Wildman–Crippen LogP) is 2.74. The molecule has 0 fully saturated rings. The maximum Gasteiger partial charge on any atom is 0.277 e. The highest BCUT2D eigenvalue weighted by atomic mass is 32.2. The summed E-state index contributed by atoms with van der Waals surface area (Å²) >= 11 is 1.16. The SMILES string of the molecule is CC(C)c1nnc(SCC(=O)NCc2ccccc2F)o1. The van der Waals surface area contributed by atoms with Crippen molar-refractivity contribution in [3.63, 3.8) is 0 Å². The van der Waals surface area contributed by atoms with Crippen molar-refractivity contribution in [2.24, 2.45) is 0 Å². The van der Waals surface area contributed by atoms with Crippen LogP contribution in [-0.2, 0) is 11.3 Å². The highest BCUT2D eigenvalue weighted by Gasteiger charge is 2.12. The number of benzene rings is 1. The summed E-state index contributed by atoms with van der Waals surface area (Å²) in [4.78, 5) is 11.7. The number of rotatable bonds is 6. The summed E-state index contributed by atoms with van der Waals surface area (Å²) in [5, 5.41) is 10.7. The fourth-order valence-corrected chi connectivity index (χ4v) is 2.13. The molecule has 0 saturated carbocycles. The molecule has 2 aromatic rings. The van der Waals surface area contributed by atoms with Gasteiger partial charge in [-0.1, -0.05) is 43.8 Å². The van der Waals surface area contributed by atoms with Gasteiger partial charge in [0.25, 0.3) is 5.22 Å². The van der Waals surface area contributed by atoms with Crippen molar-refractivity contribution in [1.82, 2.24) is 15.5 Å². The van der Waals surface area contributed by atoms with Gasteiger partial charge in [0, 0.05) is 18.0 Å². The molecule has 1 aromatic carbocycles. The number of hydrogen-bond acceptors (Lipinski definition) is 5. The molecule has 0 aliphatic carbocycles. The smallest absolute Gasteiger partial charge is 0.277 e. The molecular weight excluding hydrogens is 293 g/mol. The van der Waals surface area contributed by atoms with Gasteiger partial charge in [0.1, 0.15) is 5.82 Å². The molecule has 7 heteroatoms. The van der Waals surface area contributed by atoms with Crippen LogP contribution in [0.3, 0.4) is 0 Å². The van der Waals surface area contributed by atoms with Gasteiger partial charge in [-0.05, 0) is 6.07 Å². The summed E-state index contributed by atoms with van der Waals surface area (Å²) in [6.45, 7) is 4.05. The van der Waals surface area contributed by atoms with Gasteiger partial charge in [-0.2, -0.15) is 0 Å². The predicted molar refractivity (Wildman–Crippen MR) is 77.4 cm³/mol. The summed E-state index contributed by atoms with van der Waals surface area (Å²) in [5.41, 5.74) is 0.454. The quantitative estimate of drug-likeness (QED) is 0.831. The van der Waals surface area contributed by atoms with Crippen molar-refractivity contribution in [2.75, 3.05) is 5.75 Å². The normalized spacial score (nSPS) is 10.9. The molecule has 0 radical (unpaired) electrons. The van der Waals surface area contributed by atoms with Crippen molar-refractivity contribution < 1.29 is 13.6 Å². The Morgan fingerprint density at radius 3 is 2.81 bits per heavy atom. The molecule has 21 heavy (non-hydrogen) atoms. The molecule has 0 atom stereocenters. The van der Waals surface area contributed by atoms with Crippen LogP contribution in [0.1, 0.15) is 31.2 Å². The number of carbonyl (C=O) groups is 1. The first-order valence-corrected chi connectivity index (χ1v) is 7.51. The Morgan fingerprint density at radius 1 is 1.38 bits per heavy atom. The molecule has 1 amide bonds. The van der Waals surface area contributed by atoms with Gasteiger partial charge >= 0.3 is 0 Å². The van der Waals surface area contributed by atoms with Crippen LogP contribution in [0.25, 0.3) is 0 Å². The molecule has 2 rings (SSSR count). The van der Waals surface area contributed by atoms with E-state index >= 15 is 0 Å². The monoisotopic (exact) mass is 309 g/mol. The van der Waals surface area contributed by atoms with Crippen molar-refractivity contribution >= 4 is 17.7 Å². The lowest BCUT2D eigenvalue weighted by molar-refractivity contribution is -0.118. The Kier molecular flexibility index (Phi) is 5.32. The molecule has 5 nitrogen and oxygen atoms in total. The highest BCUT2D eigenvalue weighted by molar-refractivity contribution is 7.99. The molecule has 112 valence electrons. The van der Waals surface area contributed by atoms with E-state index < -0.39 is 0 Å². The molecule has 0 bridgehead atoms. The Balaban J connectivity index is 1.78. The number of nitrogens with one attached hydrogen (secondary N) is 1. The van der Waals surface area contributed by atoms with Crippen LogP contribution in [0.5, 0.6) is 0 Å². The summed E-state index contributed by atoms with van der Waals surface area (Å²) in [7, 11) is 0. The maximum absolute atomic E-state index is 13.4. The highest BCUT2D eigenvalue weighted by Crippen LogP contribution is 2.19. The largest absolute Gasteiger partial charge is 0.416 e. The van der Waals surface area contributed by atoms with Crippen LogP contribution in [0.4, 0.5) is 4.39 Å². The molecule has 1 aromatic heterocycles. The summed E-state index contributed by atoms with van der Waals surface area (Å²) < 4.78 is 18.8. The summed E-state index contributed by atoms with van der Waals surface area (Å²) in [6.07, 6.45) is 0. The van der Waals surface area contributed by atoms with Crippen molar-refractivity contribution in [1.29, 1.82) is 0 Å². The van der Waals surface area contributed by atoms with Crippen molar-refractivity contribution in [2.45, 2.75) is 31.5 Å². The fourth-order valence-electron chi connectivity index (χ4n) is 1.53. The van der Waals surface area contributed by atoms with Crippen LogP contribution >= 0.6 is 11.8 Å². The van der Waals surface area contributed by atoms with Gasteiger partial charge in [0.15, 0.2) is 0 Å². The van der Waals surface area contributed by atoms with E-state index in [1.807, 2.05) is 13.8 Å². The Labute approximate surface area is 126 Å². The van der Waals surface area contributed by atoms with Crippen molar-refractivity contribution in [3.05, 3.63) is 41.5 Å². The van der Waals surface area contributed by atoms with Crippen LogP contribution in [0, 0.1) is 5.82 Å². The number of hydrogen-bond donors (Lipinski definition) is 1. The summed E-state index contributed by atoms with van der Waals surface area (Å²) in [6, 6.07) is 6.33. The van der Waals surface area contributed by atoms with E-state index in [9.17, 15) is 9.18 Å². The van der Waals surface area contributed by atoms with Crippen LogP contribution in [-0.4, -0.2) is 21.9 Å². The van der Waals surface area contributed by atoms with Gasteiger partial charge in [-0.3, -0.25) is 4.79 Å². The molecule has 0 spiro atoms. The number of nitrogens with zero attached hydrogens (tertiary/aromatic N) is 2. The van der Waals surface area contributed by atoms with Gasteiger partial charge in [0.2, 0.25) is 11.8 Å². The lowest BCUT2D eigenvalue weighted by Gasteiger charge is -2.05. The number of aromatic nitrogens is 2. The van der Waals surface area contributed by atoms with E-state index in [0.717, 1.165) is 11.8 Å². The zero-order chi connectivity index (χ0) is 15.2. The third-order valence-corrected chi connectivity index (χ3v) is 3.50. The fraction of sp³-hybridized carbons (Fsp3) is 0.357. The molecule has 0 aliphatic rings. The maximum atomic E-state index is 13.4. The number of thioether (sulfide) groups is 1. The third kappa shape index (κ3) is 4.56. The van der Waals surface area contributed by atoms with Crippen LogP contribution < -0.4 is 5.32 Å². The topological polar surface area (TPSA) is 68.0 Å². The van der Waals surface area contributed by atoms with E-state index in [2.05, 4.69) is 15.5 Å². The second-order valence-electron chi connectivity index (χ2n) is 4.72. The Hall–Kier alpha value is -1.89. The average molecular weight is 309 g/mol. The van der Waals surface area contributed by atoms with Crippen molar-refractivity contribution in [3.8, 4) is 0 Å². The molecule has 1 N–H and O–H groups in total. The first-order valence-electron chi connectivity index (χ1n) is 6.52. The lowest BCUT2D eigenvalue weighted by Crippen LogP contribution is -2.25. The van der Waals surface area contributed by atoms with E-state index in [4.69, 9.17) is 4.42 Å². The van der Waals surface area contributed by atoms with Gasteiger partial charge in [0.05, 0.1) is 5.75 Å². The first-order chi connectivity index (χ1) is 10.1. The Bertz CT molecular complexity index is 616. The van der Waals surface area contributed by atoms with Crippen LogP contribution in [0.15, 0.2) is 33.9 Å². The van der Waals surface area contributed by atoms with Gasteiger partial charge in [-0.25, -0.2) is 4.39 Å². The first kappa shape index (κ1) is 15.5. The van der Waals surface area contributed by atoms with E-state index in [-0.39, 0.29) is 29.9 Å². The molecule has 0 saturated heterocycles. The number of amides is 1. The second-order valence-corrected chi connectivity index (χ2v) is 5.64. The molecule has 0 aliphatic heterocycles. The molecular formula is C14H16FN3O2S. The zero-order valence-corrected chi connectivity index (χ0v) is 12.6. The Morgan fingerprint density at radius 2 is 2.14 bits per heavy atom. The minimum Gasteiger partial charge on any atom is -0.416 e. The van der Waals surface area contributed by atoms with Gasteiger partial charge in [-0.15, -0.1) is 10.2 Å². The number of carbonyl (C=O) groups excluding carboxylic acids is 1. The van der Waals surface area contributed by atoms with E-state index in [1.54, 1.807) is 18.2 Å². The molecule has 0 unspecified atom stereocenters. The zero-order valence-electron chi connectivity index (χ0n) is 11.8. The lowest BCUT2D eigenvalue weighted by atomic mass is 10.2. The summed E-state index contributed by atoms with van der Waals surface area (Å²) in [5.74, 6) is 0.302. The van der Waals surface area contributed by atoms with E-state index in [0.29, 0.717) is 16.7 Å². The number of halogens is 1. The minimum atomic E-state index is -0.330. The average Bonchev–Trinajstić information content (AvgIpc) is 2.93. The standard InChI is InChI=1S/C14H16FN3O2S/c1-9(2)13-17-18-14(20-13)21-8-12(19)16-7-10-5-3-4-6-11(10)15/h3-6,9H,7-8H2,1-2H3,(H,16,19). The van der Waals surface area contributed by atoms with Crippen LogP contribution in [0.2, 0.25) is 0 Å². The van der Waals surface area contributed by atoms with E-state index in [1.165, 1.54) is 6.07 Å².